The first-order valence-corrected chi connectivity index (χ1v) is 11.3. The molecule has 0 bridgehead atoms. The molecule has 1 aromatic heterocycles. The van der Waals surface area contributed by atoms with E-state index in [1.807, 2.05) is 32.1 Å². The summed E-state index contributed by atoms with van der Waals surface area (Å²) in [6.07, 6.45) is 5.57. The topological polar surface area (TPSA) is 58.1 Å². The molecule has 8 heteroatoms. The monoisotopic (exact) mass is 449 g/mol. The van der Waals surface area contributed by atoms with Gasteiger partial charge in [-0.25, -0.2) is 0 Å². The van der Waals surface area contributed by atoms with Crippen molar-refractivity contribution < 1.29 is 13.6 Å². The Bertz CT molecular complexity index is 854. The number of anilines is 1. The summed E-state index contributed by atoms with van der Waals surface area (Å²) in [6, 6.07) is 3.04. The second kappa shape index (κ2) is 8.99. The normalized spacial score (nSPS) is 19.8. The van der Waals surface area contributed by atoms with Gasteiger partial charge < -0.3 is 0 Å². The maximum atomic E-state index is 13.8. The molecule has 1 N–H and O–H groups in total. The van der Waals surface area contributed by atoms with Crippen LogP contribution in [0.25, 0.3) is 0 Å². The molecule has 28 heavy (non-hydrogen) atoms. The van der Waals surface area contributed by atoms with Gasteiger partial charge in [-0.3, -0.25) is 0 Å². The van der Waals surface area contributed by atoms with E-state index in [2.05, 4.69) is 10.3 Å². The van der Waals surface area contributed by atoms with Crippen molar-refractivity contribution in [2.45, 2.75) is 43.4 Å². The van der Waals surface area contributed by atoms with Crippen LogP contribution >= 0.6 is 0 Å². The van der Waals surface area contributed by atoms with Gasteiger partial charge >= 0.3 is 170 Å². The van der Waals surface area contributed by atoms with Crippen LogP contribution in [0.1, 0.15) is 41.6 Å². The molecule has 1 amide bonds. The van der Waals surface area contributed by atoms with Crippen LogP contribution in [0, 0.1) is 18.6 Å². The minimum atomic E-state index is -0.829. The molecule has 0 unspecified atom stereocenters. The Hall–Kier alpha value is -2.01. The van der Waals surface area contributed by atoms with Gasteiger partial charge in [0.2, 0.25) is 0 Å². The number of nitrogens with zero attached hydrogens (tertiary/aromatic N) is 3. The number of hydrogen-bond acceptors (Lipinski definition) is 4. The number of aryl methyl sites for hydroxylation is 1. The first-order valence-electron chi connectivity index (χ1n) is 9.31. The summed E-state index contributed by atoms with van der Waals surface area (Å²) >= 11 is -0.141. The van der Waals surface area contributed by atoms with E-state index in [-0.39, 0.29) is 27.4 Å². The molecular weight excluding hydrogens is 425 g/mol. The third-order valence-corrected chi connectivity index (χ3v) is 7.65. The average Bonchev–Trinajstić information content (AvgIpc) is 2.64. The van der Waals surface area contributed by atoms with Gasteiger partial charge in [0.05, 0.1) is 0 Å². The van der Waals surface area contributed by atoms with Crippen molar-refractivity contribution in [2.24, 2.45) is 0 Å². The molecule has 1 fully saturated rings. The Morgan fingerprint density at radius 2 is 1.93 bits per heavy atom. The zero-order chi connectivity index (χ0) is 20.3. The summed E-state index contributed by atoms with van der Waals surface area (Å²) in [5.41, 5.74) is 0.952. The van der Waals surface area contributed by atoms with E-state index in [9.17, 15) is 13.6 Å². The van der Waals surface area contributed by atoms with Gasteiger partial charge in [0, 0.05) is 0 Å². The zero-order valence-electron chi connectivity index (χ0n) is 16.2. The van der Waals surface area contributed by atoms with E-state index in [1.165, 1.54) is 6.07 Å². The van der Waals surface area contributed by atoms with E-state index in [1.54, 1.807) is 0 Å². The molecule has 1 heterocycles. The van der Waals surface area contributed by atoms with E-state index in [0.717, 1.165) is 53.8 Å². The SMILES string of the molecule is Cc1cnc([As]C2CCC(NC(=O)c3ccc(F)cc3F)CC2)nc1N(C)C. The molecule has 1 aliphatic carbocycles. The number of amides is 1. The average molecular weight is 449 g/mol. The predicted octanol–water partition coefficient (Wildman–Crippen LogP) is 2.62. The Balaban J connectivity index is 1.53. The summed E-state index contributed by atoms with van der Waals surface area (Å²) in [5, 5.41) is 2.88. The minimum absolute atomic E-state index is 0.0191. The molecule has 0 atom stereocenters. The number of nitrogens with one attached hydrogen (secondary N) is 1. The van der Waals surface area contributed by atoms with Crippen molar-refractivity contribution in [1.82, 2.24) is 15.3 Å². The van der Waals surface area contributed by atoms with Crippen LogP contribution in [-0.4, -0.2) is 51.8 Å². The van der Waals surface area contributed by atoms with Crippen molar-refractivity contribution in [3.05, 3.63) is 47.2 Å². The van der Waals surface area contributed by atoms with Crippen LogP contribution in [0.3, 0.4) is 0 Å². The molecule has 5 nitrogen and oxygen atoms in total. The van der Waals surface area contributed by atoms with Gasteiger partial charge in [0.15, 0.2) is 0 Å². The molecule has 0 aliphatic heterocycles. The molecule has 1 aliphatic rings. The third-order valence-electron chi connectivity index (χ3n) is 4.86. The van der Waals surface area contributed by atoms with Crippen LogP contribution in [-0.2, 0) is 0 Å². The summed E-state index contributed by atoms with van der Waals surface area (Å²) in [4.78, 5) is 23.5. The first kappa shape index (κ1) is 20.7. The van der Waals surface area contributed by atoms with Crippen molar-refractivity contribution >= 4 is 32.1 Å². The standard InChI is InChI=1S/C20H24AsF2N4O/c1-12-11-24-20(26-18(12)27(2)3)21-13-4-7-15(8-5-13)25-19(28)16-9-6-14(22)10-17(16)23/h6,9-11,13,15H,4-5,7-8H2,1-3H3,(H,25,28). The molecule has 1 radical (unpaired) electrons. The number of hydrogen-bond donors (Lipinski definition) is 1. The van der Waals surface area contributed by atoms with Crippen molar-refractivity contribution in [3.63, 3.8) is 0 Å². The van der Waals surface area contributed by atoms with E-state index < -0.39 is 17.5 Å². The van der Waals surface area contributed by atoms with Gasteiger partial charge in [-0.05, 0) is 0 Å². The second-order valence-corrected chi connectivity index (χ2v) is 10.2. The van der Waals surface area contributed by atoms with Crippen molar-refractivity contribution in [1.29, 1.82) is 0 Å². The van der Waals surface area contributed by atoms with E-state index in [4.69, 9.17) is 4.98 Å². The fourth-order valence-corrected chi connectivity index (χ4v) is 5.82. The molecule has 149 valence electrons. The second-order valence-electron chi connectivity index (χ2n) is 7.30. The Labute approximate surface area is 170 Å². The Kier molecular flexibility index (Phi) is 6.65. The fraction of sp³-hybridized carbons (Fsp3) is 0.450. The maximum absolute atomic E-state index is 13.8. The number of carbonyl (C=O) groups is 1. The van der Waals surface area contributed by atoms with E-state index in [0.29, 0.717) is 4.71 Å². The summed E-state index contributed by atoms with van der Waals surface area (Å²) in [6.45, 7) is 2.01. The quantitative estimate of drug-likeness (QED) is 0.714. The van der Waals surface area contributed by atoms with Gasteiger partial charge in [0.25, 0.3) is 0 Å². The van der Waals surface area contributed by atoms with Gasteiger partial charge in [-0.2, -0.15) is 0 Å². The van der Waals surface area contributed by atoms with Crippen LogP contribution < -0.4 is 14.8 Å². The zero-order valence-corrected chi connectivity index (χ0v) is 18.1. The summed E-state index contributed by atoms with van der Waals surface area (Å²) in [5.74, 6) is -1.03. The van der Waals surface area contributed by atoms with Crippen molar-refractivity contribution in [3.8, 4) is 0 Å². The summed E-state index contributed by atoms with van der Waals surface area (Å²) < 4.78 is 28.3. The number of rotatable bonds is 5. The number of halogens is 2. The molecule has 2 aromatic rings. The predicted molar refractivity (Wildman–Crippen MR) is 106 cm³/mol. The number of benzene rings is 1. The van der Waals surface area contributed by atoms with Crippen LogP contribution in [0.15, 0.2) is 24.4 Å². The molecule has 1 saturated carbocycles. The molecule has 0 spiro atoms. The first-order chi connectivity index (χ1) is 13.3. The van der Waals surface area contributed by atoms with Gasteiger partial charge in [0.1, 0.15) is 0 Å². The van der Waals surface area contributed by atoms with Gasteiger partial charge in [-0.15, -0.1) is 0 Å². The van der Waals surface area contributed by atoms with Crippen LogP contribution in [0.5, 0.6) is 0 Å². The molecule has 0 saturated heterocycles. The van der Waals surface area contributed by atoms with Crippen LogP contribution in [0.4, 0.5) is 14.6 Å². The molecule has 1 aromatic carbocycles. The molecular formula is C20H24AsF2N4O. The Morgan fingerprint density at radius 3 is 2.57 bits per heavy atom. The summed E-state index contributed by atoms with van der Waals surface area (Å²) in [7, 11) is 3.96. The number of carbonyl (C=O) groups excluding carboxylic acids is 1. The van der Waals surface area contributed by atoms with Gasteiger partial charge in [-0.1, -0.05) is 0 Å². The van der Waals surface area contributed by atoms with Crippen LogP contribution in [0.2, 0.25) is 4.71 Å². The number of aromatic nitrogens is 2. The Morgan fingerprint density at radius 1 is 1.21 bits per heavy atom. The van der Waals surface area contributed by atoms with E-state index >= 15 is 0 Å². The fourth-order valence-electron chi connectivity index (χ4n) is 3.39. The molecule has 3 rings (SSSR count). The van der Waals surface area contributed by atoms with Crippen molar-refractivity contribution in [2.75, 3.05) is 19.0 Å². The third kappa shape index (κ3) is 5.07.